The standard InChI is InChI=1S/C13H20N2O4S/c1-3-6-10(13(16)17)9-15-11-7-4-5-8-12(11)20(18,19)14-2/h4-5,7-8,10,14-15H,3,6,9H2,1-2H3,(H,16,17). The summed E-state index contributed by atoms with van der Waals surface area (Å²) in [7, 11) is -2.23. The van der Waals surface area contributed by atoms with Gasteiger partial charge in [0.15, 0.2) is 0 Å². The number of rotatable bonds is 8. The largest absolute Gasteiger partial charge is 0.481 e. The number of carboxylic acids is 1. The molecule has 0 amide bonds. The fourth-order valence-corrected chi connectivity index (χ4v) is 2.76. The Morgan fingerprint density at radius 3 is 2.55 bits per heavy atom. The minimum absolute atomic E-state index is 0.114. The van der Waals surface area contributed by atoms with Crippen LogP contribution in [0.3, 0.4) is 0 Å². The van der Waals surface area contributed by atoms with Crippen molar-refractivity contribution in [1.29, 1.82) is 0 Å². The normalized spacial score (nSPS) is 12.9. The number of carbonyl (C=O) groups is 1. The zero-order valence-electron chi connectivity index (χ0n) is 11.6. The monoisotopic (exact) mass is 300 g/mol. The maximum Gasteiger partial charge on any atom is 0.308 e. The topological polar surface area (TPSA) is 95.5 Å². The number of benzene rings is 1. The molecule has 1 unspecified atom stereocenters. The second-order valence-electron chi connectivity index (χ2n) is 4.41. The first-order valence-corrected chi connectivity index (χ1v) is 7.90. The summed E-state index contributed by atoms with van der Waals surface area (Å²) in [5.74, 6) is -1.42. The molecule has 0 aliphatic rings. The Bertz CT molecular complexity index is 557. The van der Waals surface area contributed by atoms with E-state index in [0.29, 0.717) is 12.1 Å². The van der Waals surface area contributed by atoms with Crippen molar-refractivity contribution in [3.63, 3.8) is 0 Å². The van der Waals surface area contributed by atoms with Gasteiger partial charge in [-0.15, -0.1) is 0 Å². The highest BCUT2D eigenvalue weighted by atomic mass is 32.2. The van der Waals surface area contributed by atoms with Gasteiger partial charge in [-0.25, -0.2) is 13.1 Å². The van der Waals surface area contributed by atoms with E-state index >= 15 is 0 Å². The van der Waals surface area contributed by atoms with Crippen LogP contribution in [0, 0.1) is 5.92 Å². The Labute approximate surface area is 119 Å². The molecule has 1 aromatic rings. The quantitative estimate of drug-likeness (QED) is 0.676. The van der Waals surface area contributed by atoms with Gasteiger partial charge in [-0.3, -0.25) is 4.79 Å². The molecule has 1 rings (SSSR count). The van der Waals surface area contributed by atoms with Crippen LogP contribution in [-0.2, 0) is 14.8 Å². The zero-order valence-corrected chi connectivity index (χ0v) is 12.4. The Hall–Kier alpha value is -1.60. The molecular formula is C13H20N2O4S. The number of anilines is 1. The minimum atomic E-state index is -3.57. The molecule has 20 heavy (non-hydrogen) atoms. The van der Waals surface area contributed by atoms with Gasteiger partial charge < -0.3 is 10.4 Å². The van der Waals surface area contributed by atoms with Crippen LogP contribution in [0.4, 0.5) is 5.69 Å². The Balaban J connectivity index is 2.91. The molecule has 0 spiro atoms. The molecule has 6 nitrogen and oxygen atoms in total. The second kappa shape index (κ2) is 7.25. The van der Waals surface area contributed by atoms with E-state index in [4.69, 9.17) is 5.11 Å². The van der Waals surface area contributed by atoms with Gasteiger partial charge in [-0.05, 0) is 25.6 Å². The van der Waals surface area contributed by atoms with E-state index in [1.807, 2.05) is 6.92 Å². The molecule has 0 aliphatic heterocycles. The third kappa shape index (κ3) is 4.21. The third-order valence-corrected chi connectivity index (χ3v) is 4.44. The number of aliphatic carboxylic acids is 1. The molecule has 0 aliphatic carbocycles. The van der Waals surface area contributed by atoms with Crippen molar-refractivity contribution in [2.45, 2.75) is 24.7 Å². The van der Waals surface area contributed by atoms with E-state index in [0.717, 1.165) is 6.42 Å². The van der Waals surface area contributed by atoms with Gasteiger partial charge >= 0.3 is 5.97 Å². The molecule has 1 aromatic carbocycles. The highest BCUT2D eigenvalue weighted by Crippen LogP contribution is 2.21. The molecular weight excluding hydrogens is 280 g/mol. The smallest absolute Gasteiger partial charge is 0.308 e. The van der Waals surface area contributed by atoms with Crippen molar-refractivity contribution in [2.24, 2.45) is 5.92 Å². The summed E-state index contributed by atoms with van der Waals surface area (Å²) in [4.78, 5) is 11.2. The van der Waals surface area contributed by atoms with E-state index in [2.05, 4.69) is 10.0 Å². The Morgan fingerprint density at radius 1 is 1.35 bits per heavy atom. The first kappa shape index (κ1) is 16.5. The van der Waals surface area contributed by atoms with E-state index < -0.39 is 21.9 Å². The van der Waals surface area contributed by atoms with E-state index in [9.17, 15) is 13.2 Å². The maximum atomic E-state index is 11.9. The van der Waals surface area contributed by atoms with Crippen LogP contribution in [0.15, 0.2) is 29.2 Å². The maximum absolute atomic E-state index is 11.9. The predicted octanol–water partition coefficient (Wildman–Crippen LogP) is 1.51. The zero-order chi connectivity index (χ0) is 15.2. The molecule has 0 bridgehead atoms. The third-order valence-electron chi connectivity index (χ3n) is 2.97. The lowest BCUT2D eigenvalue weighted by Crippen LogP contribution is -2.25. The fourth-order valence-electron chi connectivity index (χ4n) is 1.85. The lowest BCUT2D eigenvalue weighted by molar-refractivity contribution is -0.141. The van der Waals surface area contributed by atoms with E-state index in [1.54, 1.807) is 18.2 Å². The van der Waals surface area contributed by atoms with Crippen molar-refractivity contribution >= 4 is 21.7 Å². The van der Waals surface area contributed by atoms with Crippen molar-refractivity contribution in [1.82, 2.24) is 4.72 Å². The average Bonchev–Trinajstić information content (AvgIpc) is 2.43. The van der Waals surface area contributed by atoms with Gasteiger partial charge in [-0.1, -0.05) is 25.5 Å². The van der Waals surface area contributed by atoms with Crippen LogP contribution in [0.5, 0.6) is 0 Å². The number of nitrogens with one attached hydrogen (secondary N) is 2. The summed E-state index contributed by atoms with van der Waals surface area (Å²) < 4.78 is 26.0. The molecule has 0 radical (unpaired) electrons. The van der Waals surface area contributed by atoms with Crippen molar-refractivity contribution in [3.8, 4) is 0 Å². The van der Waals surface area contributed by atoms with Crippen molar-refractivity contribution in [3.05, 3.63) is 24.3 Å². The molecule has 0 fully saturated rings. The summed E-state index contributed by atoms with van der Waals surface area (Å²) in [6.45, 7) is 2.11. The Morgan fingerprint density at radius 2 is 2.00 bits per heavy atom. The van der Waals surface area contributed by atoms with Crippen LogP contribution in [0.25, 0.3) is 0 Å². The highest BCUT2D eigenvalue weighted by molar-refractivity contribution is 7.89. The van der Waals surface area contributed by atoms with Gasteiger partial charge in [0, 0.05) is 6.54 Å². The summed E-state index contributed by atoms with van der Waals surface area (Å²) in [6, 6.07) is 6.42. The summed E-state index contributed by atoms with van der Waals surface area (Å²) >= 11 is 0. The fraction of sp³-hybridized carbons (Fsp3) is 0.462. The molecule has 0 saturated heterocycles. The first-order valence-electron chi connectivity index (χ1n) is 6.41. The molecule has 0 heterocycles. The SMILES string of the molecule is CCCC(CNc1ccccc1S(=O)(=O)NC)C(=O)O. The van der Waals surface area contributed by atoms with Gasteiger partial charge in [0.1, 0.15) is 4.90 Å². The van der Waals surface area contributed by atoms with Gasteiger partial charge in [-0.2, -0.15) is 0 Å². The number of para-hydroxylation sites is 1. The van der Waals surface area contributed by atoms with Crippen molar-refractivity contribution in [2.75, 3.05) is 18.9 Å². The van der Waals surface area contributed by atoms with Gasteiger partial charge in [0.2, 0.25) is 10.0 Å². The number of carboxylic acid groups (broad SMARTS) is 1. The lowest BCUT2D eigenvalue weighted by Gasteiger charge is -2.15. The van der Waals surface area contributed by atoms with Crippen LogP contribution in [0.1, 0.15) is 19.8 Å². The Kier molecular flexibility index (Phi) is 5.97. The van der Waals surface area contributed by atoms with Crippen LogP contribution in [-0.4, -0.2) is 33.1 Å². The van der Waals surface area contributed by atoms with Crippen molar-refractivity contribution < 1.29 is 18.3 Å². The van der Waals surface area contributed by atoms with E-state index in [1.165, 1.54) is 13.1 Å². The summed E-state index contributed by atoms with van der Waals surface area (Å²) in [5, 5.41) is 12.0. The molecule has 112 valence electrons. The summed E-state index contributed by atoms with van der Waals surface area (Å²) in [5.41, 5.74) is 0.407. The number of hydrogen-bond donors (Lipinski definition) is 3. The molecule has 0 saturated carbocycles. The van der Waals surface area contributed by atoms with Crippen LogP contribution in [0.2, 0.25) is 0 Å². The highest BCUT2D eigenvalue weighted by Gasteiger charge is 2.19. The number of hydrogen-bond acceptors (Lipinski definition) is 4. The van der Waals surface area contributed by atoms with Crippen LogP contribution >= 0.6 is 0 Å². The molecule has 3 N–H and O–H groups in total. The van der Waals surface area contributed by atoms with Crippen LogP contribution < -0.4 is 10.0 Å². The second-order valence-corrected chi connectivity index (χ2v) is 6.26. The lowest BCUT2D eigenvalue weighted by atomic mass is 10.0. The predicted molar refractivity (Wildman–Crippen MR) is 77.2 cm³/mol. The van der Waals surface area contributed by atoms with Gasteiger partial charge in [0.05, 0.1) is 11.6 Å². The first-order chi connectivity index (χ1) is 9.42. The minimum Gasteiger partial charge on any atom is -0.481 e. The number of sulfonamides is 1. The van der Waals surface area contributed by atoms with E-state index in [-0.39, 0.29) is 11.4 Å². The van der Waals surface area contributed by atoms with Gasteiger partial charge in [0.25, 0.3) is 0 Å². The molecule has 0 aromatic heterocycles. The molecule has 1 atom stereocenters. The summed E-state index contributed by atoms with van der Waals surface area (Å²) in [6.07, 6.45) is 1.30. The molecule has 7 heteroatoms. The average molecular weight is 300 g/mol.